The number of allylic oxidation sites excluding steroid dienone is 2. The van der Waals surface area contributed by atoms with E-state index in [0.29, 0.717) is 7.25 Å². The standard InChI is InChI=1S/2C15H21OSi.CH2.2ClH.Zr/c2*1-15(2,3)17(4,5)16-14-10-12-8-6-7-9-13(12)11-14;;;;/h2*6-11H,1-5H3;1H2;2*1H;/q;;;;;+2/p-2. The van der Waals surface area contributed by atoms with Crippen LogP contribution in [0.4, 0.5) is 0 Å². The Morgan fingerprint density at radius 1 is 0.632 bits per heavy atom. The van der Waals surface area contributed by atoms with E-state index in [0.717, 1.165) is 0 Å². The maximum Gasteiger partial charge on any atom is -1.00 e. The Hall–Kier alpha value is -0.713. The van der Waals surface area contributed by atoms with Crippen molar-refractivity contribution in [2.45, 2.75) is 85.1 Å². The van der Waals surface area contributed by atoms with E-state index in [4.69, 9.17) is 13.1 Å². The zero-order valence-corrected chi connectivity index (χ0v) is 30.7. The Labute approximate surface area is 253 Å². The van der Waals surface area contributed by atoms with Gasteiger partial charge in [-0.3, -0.25) is 0 Å². The quantitative estimate of drug-likeness (QED) is 0.441. The Balaban J connectivity index is 0.00000253. The molecule has 2 nitrogen and oxygen atoms in total. The van der Waals surface area contributed by atoms with Gasteiger partial charge in [-0.25, -0.2) is 0 Å². The molecule has 0 amide bonds. The van der Waals surface area contributed by atoms with Crippen LogP contribution in [0.3, 0.4) is 0 Å². The molecule has 4 rings (SSSR count). The summed E-state index contributed by atoms with van der Waals surface area (Å²) in [6.45, 7) is 23.4. The summed E-state index contributed by atoms with van der Waals surface area (Å²) >= 11 is -2.53. The van der Waals surface area contributed by atoms with Crippen molar-refractivity contribution in [3.8, 4) is 0 Å². The minimum atomic E-state index is -2.53. The molecular weight excluding hydrogens is 623 g/mol. The minimum Gasteiger partial charge on any atom is -1.00 e. The summed E-state index contributed by atoms with van der Waals surface area (Å²) in [4.78, 5) is 0. The Morgan fingerprint density at radius 2 is 0.947 bits per heavy atom. The third-order valence-corrected chi connectivity index (χ3v) is 24.2. The van der Waals surface area contributed by atoms with Gasteiger partial charge in [0.15, 0.2) is 0 Å². The molecule has 0 bridgehead atoms. The van der Waals surface area contributed by atoms with Crippen LogP contribution in [0.1, 0.15) is 71.0 Å². The van der Waals surface area contributed by atoms with E-state index in [1.807, 2.05) is 0 Å². The van der Waals surface area contributed by atoms with E-state index in [-0.39, 0.29) is 34.9 Å². The smallest absolute Gasteiger partial charge is 1.00 e. The molecule has 38 heavy (non-hydrogen) atoms. The van der Waals surface area contributed by atoms with Gasteiger partial charge in [0.2, 0.25) is 0 Å². The van der Waals surface area contributed by atoms with E-state index in [2.05, 4.69) is 128 Å². The zero-order chi connectivity index (χ0) is 26.7. The van der Waals surface area contributed by atoms with Crippen molar-refractivity contribution in [3.05, 3.63) is 82.3 Å². The largest absolute Gasteiger partial charge is 1.00 e. The zero-order valence-electron chi connectivity index (χ0n) is 24.7. The maximum absolute atomic E-state index is 7.07. The van der Waals surface area contributed by atoms with Gasteiger partial charge >= 0.3 is 230 Å². The van der Waals surface area contributed by atoms with Crippen LogP contribution in [-0.2, 0) is 30.1 Å². The number of benzene rings is 2. The molecule has 0 fully saturated rings. The number of halogens is 2. The summed E-state index contributed by atoms with van der Waals surface area (Å²) in [5.41, 5.74) is 5.43. The molecule has 2 unspecified atom stereocenters. The third-order valence-electron chi connectivity index (χ3n) is 8.88. The first-order valence-electron chi connectivity index (χ1n) is 13.2. The summed E-state index contributed by atoms with van der Waals surface area (Å²) < 4.78 is 19.8. The number of rotatable bonds is 6. The van der Waals surface area contributed by atoms with Crippen LogP contribution in [0.25, 0.3) is 12.2 Å². The molecule has 2 aliphatic rings. The average molecular weight is 667 g/mol. The first kappa shape index (κ1) is 33.5. The molecule has 206 valence electrons. The van der Waals surface area contributed by atoms with E-state index in [1.165, 1.54) is 33.8 Å². The Morgan fingerprint density at radius 3 is 1.26 bits per heavy atom. The summed E-state index contributed by atoms with van der Waals surface area (Å²) in [5.74, 6) is 2.34. The van der Waals surface area contributed by atoms with Crippen molar-refractivity contribution in [2.75, 3.05) is 0 Å². The number of hydrogen-bond donors (Lipinski definition) is 0. The topological polar surface area (TPSA) is 18.5 Å². The van der Waals surface area contributed by atoms with Crippen LogP contribution in [0.5, 0.6) is 0 Å². The van der Waals surface area contributed by atoms with Crippen molar-refractivity contribution in [1.82, 2.24) is 0 Å². The molecule has 2 aromatic carbocycles. The minimum absolute atomic E-state index is 0. The number of hydrogen-bond acceptors (Lipinski definition) is 2. The van der Waals surface area contributed by atoms with Gasteiger partial charge in [-0.05, 0) is 0 Å². The van der Waals surface area contributed by atoms with E-state index in [1.54, 1.807) is 0 Å². The molecule has 7 heteroatoms. The molecule has 0 heterocycles. The van der Waals surface area contributed by atoms with Gasteiger partial charge in [-0.15, -0.1) is 0 Å². The number of fused-ring (bicyclic) bond motifs is 2. The first-order chi connectivity index (χ1) is 16.5. The summed E-state index contributed by atoms with van der Waals surface area (Å²) in [5, 5.41) is 0.294. The average Bonchev–Trinajstić information content (AvgIpc) is 3.28. The van der Waals surface area contributed by atoms with Crippen LogP contribution in [0.2, 0.25) is 36.3 Å². The SMILES string of the molecule is [CH2]=[Zr+2]([CH]1C(O[Si](C)(C)C(C)(C)C)=Cc2ccccc21)[CH]1C(O[Si](C)(C)C(C)(C)C)=Cc2ccccc21.[Cl-].[Cl-]. The van der Waals surface area contributed by atoms with Gasteiger partial charge in [0.1, 0.15) is 0 Å². The van der Waals surface area contributed by atoms with E-state index in [9.17, 15) is 0 Å². The van der Waals surface area contributed by atoms with Gasteiger partial charge < -0.3 is 24.8 Å². The molecule has 0 spiro atoms. The monoisotopic (exact) mass is 664 g/mol. The molecule has 2 atom stereocenters. The Kier molecular flexibility index (Phi) is 10.3. The van der Waals surface area contributed by atoms with Crippen molar-refractivity contribution >= 4 is 33.0 Å². The molecule has 0 aliphatic heterocycles. The van der Waals surface area contributed by atoms with Crippen molar-refractivity contribution < 1.29 is 54.9 Å². The van der Waals surface area contributed by atoms with Gasteiger partial charge in [-0.2, -0.15) is 0 Å². The predicted molar refractivity (Wildman–Crippen MR) is 158 cm³/mol. The molecule has 2 aliphatic carbocycles. The van der Waals surface area contributed by atoms with Crippen LogP contribution in [0.15, 0.2) is 60.0 Å². The van der Waals surface area contributed by atoms with Crippen LogP contribution in [-0.4, -0.2) is 20.8 Å². The molecule has 0 saturated carbocycles. The molecule has 0 aromatic heterocycles. The molecule has 0 saturated heterocycles. The summed E-state index contributed by atoms with van der Waals surface area (Å²) in [7, 11) is -3.98. The van der Waals surface area contributed by atoms with Crippen LogP contribution in [0, 0.1) is 0 Å². The Bertz CT molecular complexity index is 1160. The fourth-order valence-corrected chi connectivity index (χ4v) is 13.9. The predicted octanol–water partition coefficient (Wildman–Crippen LogP) is 3.28. The second-order valence-corrected chi connectivity index (χ2v) is 28.6. The third kappa shape index (κ3) is 6.28. The van der Waals surface area contributed by atoms with Gasteiger partial charge in [0.25, 0.3) is 0 Å². The summed E-state index contributed by atoms with van der Waals surface area (Å²) in [6.07, 6.45) is 4.65. The van der Waals surface area contributed by atoms with E-state index >= 15 is 0 Å². The first-order valence-corrected chi connectivity index (χ1v) is 23.6. The van der Waals surface area contributed by atoms with Crippen LogP contribution >= 0.6 is 0 Å². The molecule has 0 N–H and O–H groups in total. The van der Waals surface area contributed by atoms with Crippen molar-refractivity contribution in [3.63, 3.8) is 0 Å². The van der Waals surface area contributed by atoms with E-state index < -0.39 is 37.9 Å². The normalized spacial score (nSPS) is 18.6. The van der Waals surface area contributed by atoms with Crippen molar-refractivity contribution in [1.29, 1.82) is 0 Å². The second kappa shape index (κ2) is 11.6. The molecular formula is C31H44Cl2O2Si2Zr. The molecule has 0 radical (unpaired) electrons. The fourth-order valence-electron chi connectivity index (χ4n) is 4.59. The van der Waals surface area contributed by atoms with Crippen molar-refractivity contribution in [2.24, 2.45) is 0 Å². The maximum atomic E-state index is 7.07. The van der Waals surface area contributed by atoms with Gasteiger partial charge in [0.05, 0.1) is 0 Å². The van der Waals surface area contributed by atoms with Gasteiger partial charge in [0, 0.05) is 0 Å². The summed E-state index contributed by atoms with van der Waals surface area (Å²) in [6, 6.07) is 17.7. The molecule has 2 aromatic rings. The fraction of sp³-hybridized carbons (Fsp3) is 0.452. The van der Waals surface area contributed by atoms with Crippen LogP contribution < -0.4 is 24.8 Å². The second-order valence-electron chi connectivity index (χ2n) is 13.5. The van der Waals surface area contributed by atoms with Gasteiger partial charge in [-0.1, -0.05) is 0 Å².